The minimum Gasteiger partial charge on any atom is -0.464 e. The molecule has 0 aliphatic rings. The van der Waals surface area contributed by atoms with Crippen molar-refractivity contribution in [1.29, 1.82) is 0 Å². The van der Waals surface area contributed by atoms with Gasteiger partial charge in [0.15, 0.2) is 18.0 Å². The van der Waals surface area contributed by atoms with E-state index in [9.17, 15) is 8.68 Å². The lowest BCUT2D eigenvalue weighted by Crippen LogP contribution is -2.03. The van der Waals surface area contributed by atoms with Crippen molar-refractivity contribution < 1.29 is 13.4 Å². The first kappa shape index (κ1) is 11.2. The third-order valence-corrected chi connectivity index (χ3v) is 2.52. The number of methoxy groups -OCH3 is 1. The molecule has 84 valence electrons. The molecular weight excluding hydrogens is 257 g/mol. The number of hydrogen-bond donors (Lipinski definition) is 0. The highest BCUT2D eigenvalue weighted by atomic mass is 35.5. The van der Waals surface area contributed by atoms with Crippen LogP contribution in [0.2, 0.25) is 5.15 Å². The number of ether oxygens (including phenoxy) is 1. The number of halogens is 2. The zero-order chi connectivity index (χ0) is 11.7. The number of esters is 1. The van der Waals surface area contributed by atoms with E-state index in [2.05, 4.69) is 14.8 Å². The van der Waals surface area contributed by atoms with E-state index >= 15 is 0 Å². The maximum atomic E-state index is 12.5. The van der Waals surface area contributed by atoms with Crippen molar-refractivity contribution in [1.82, 2.24) is 14.2 Å². The molecule has 0 saturated heterocycles. The Morgan fingerprint density at radius 3 is 3.00 bits per heavy atom. The van der Waals surface area contributed by atoms with Crippen LogP contribution in [-0.4, -0.2) is 27.2 Å². The maximum absolute atomic E-state index is 12.5. The highest BCUT2D eigenvalue weighted by Crippen LogP contribution is 2.23. The van der Waals surface area contributed by atoms with E-state index in [1.165, 1.54) is 19.2 Å². The van der Waals surface area contributed by atoms with Gasteiger partial charge in [-0.05, 0) is 12.1 Å². The normalized spacial score (nSPS) is 10.7. The summed E-state index contributed by atoms with van der Waals surface area (Å²) in [6.07, 6.45) is 0. The summed E-state index contributed by atoms with van der Waals surface area (Å²) in [6, 6.07) is 3.01. The smallest absolute Gasteiger partial charge is 0.360 e. The molecule has 8 heteroatoms. The van der Waals surface area contributed by atoms with E-state index in [-0.39, 0.29) is 28.7 Å². The van der Waals surface area contributed by atoms with E-state index < -0.39 is 5.97 Å². The van der Waals surface area contributed by atoms with Crippen LogP contribution in [0.25, 0.3) is 11.0 Å². The second-order valence-corrected chi connectivity index (χ2v) is 3.65. The Labute approximate surface area is 99.0 Å². The minimum absolute atomic E-state index is 0.0647. The Kier molecular flexibility index (Phi) is 2.97. The Bertz CT molecular complexity index is 559. The molecule has 0 unspecified atom stereocenters. The van der Waals surface area contributed by atoms with Crippen LogP contribution < -0.4 is 0 Å². The van der Waals surface area contributed by atoms with Gasteiger partial charge in [-0.1, -0.05) is 11.6 Å². The number of aromatic nitrogens is 3. The highest BCUT2D eigenvalue weighted by molar-refractivity contribution is 7.92. The molecule has 0 aliphatic carbocycles. The molecule has 2 rings (SSSR count). The Hall–Kier alpha value is -1.34. The van der Waals surface area contributed by atoms with Crippen LogP contribution in [0.5, 0.6) is 0 Å². The number of pyridine rings is 1. The second kappa shape index (κ2) is 4.26. The summed E-state index contributed by atoms with van der Waals surface area (Å²) in [6.45, 7) is 0. The van der Waals surface area contributed by atoms with Crippen LogP contribution >= 0.6 is 23.9 Å². The molecule has 0 spiro atoms. The first-order chi connectivity index (χ1) is 7.67. The second-order valence-electron chi connectivity index (χ2n) is 2.78. The van der Waals surface area contributed by atoms with Gasteiger partial charge >= 0.3 is 5.97 Å². The maximum Gasteiger partial charge on any atom is 0.360 e. The van der Waals surface area contributed by atoms with Crippen molar-refractivity contribution in [3.63, 3.8) is 0 Å². The summed E-state index contributed by atoms with van der Waals surface area (Å²) in [4.78, 5) is 15.3. The largest absolute Gasteiger partial charge is 0.464 e. The predicted octanol–water partition coefficient (Wildman–Crippen LogP) is 2.25. The van der Waals surface area contributed by atoms with E-state index in [0.29, 0.717) is 5.52 Å². The molecule has 2 aromatic rings. The average Bonchev–Trinajstić information content (AvgIpc) is 2.66. The monoisotopic (exact) mass is 261 g/mol. The van der Waals surface area contributed by atoms with Crippen molar-refractivity contribution in [3.05, 3.63) is 23.0 Å². The van der Waals surface area contributed by atoms with Crippen molar-refractivity contribution in [2.45, 2.75) is 0 Å². The fourth-order valence-corrected chi connectivity index (χ4v) is 1.72. The van der Waals surface area contributed by atoms with Gasteiger partial charge in [0, 0.05) is 0 Å². The topological polar surface area (TPSA) is 57.0 Å². The zero-order valence-corrected chi connectivity index (χ0v) is 9.55. The molecule has 0 aliphatic heterocycles. The van der Waals surface area contributed by atoms with E-state index in [4.69, 9.17) is 11.6 Å². The average molecular weight is 262 g/mol. The van der Waals surface area contributed by atoms with Crippen molar-refractivity contribution in [3.8, 4) is 0 Å². The third kappa shape index (κ3) is 1.72. The molecule has 0 atom stereocenters. The van der Waals surface area contributed by atoms with Crippen LogP contribution in [0.15, 0.2) is 12.1 Å². The molecule has 0 N–H and O–H groups in total. The number of carbonyl (C=O) groups excluding carboxylic acids is 1. The lowest BCUT2D eigenvalue weighted by atomic mass is 10.3. The molecule has 16 heavy (non-hydrogen) atoms. The van der Waals surface area contributed by atoms with Crippen LogP contribution in [-0.2, 0) is 4.74 Å². The number of carbonyl (C=O) groups is 1. The summed E-state index contributed by atoms with van der Waals surface area (Å²) in [5.41, 5.74) is 0.506. The Morgan fingerprint density at radius 2 is 2.38 bits per heavy atom. The van der Waals surface area contributed by atoms with Gasteiger partial charge < -0.3 is 4.74 Å². The van der Waals surface area contributed by atoms with Crippen LogP contribution in [0.3, 0.4) is 0 Å². The van der Waals surface area contributed by atoms with Gasteiger partial charge in [-0.2, -0.15) is 4.09 Å². The SMILES string of the molecule is COC(=O)c1nn(SF)c2ccc(Cl)nc12. The summed E-state index contributed by atoms with van der Waals surface area (Å²) < 4.78 is 18.0. The molecule has 0 amide bonds. The molecule has 0 bridgehead atoms. The first-order valence-corrected chi connectivity index (χ1v) is 5.15. The van der Waals surface area contributed by atoms with Gasteiger partial charge in [0.1, 0.15) is 16.2 Å². The lowest BCUT2D eigenvalue weighted by Gasteiger charge is -1.94. The summed E-state index contributed by atoms with van der Waals surface area (Å²) >= 11 is 5.56. The summed E-state index contributed by atoms with van der Waals surface area (Å²) in [5.74, 6) is -0.687. The van der Waals surface area contributed by atoms with Gasteiger partial charge in [0.2, 0.25) is 0 Å². The molecule has 0 radical (unpaired) electrons. The lowest BCUT2D eigenvalue weighted by molar-refractivity contribution is 0.0595. The number of nitrogens with zero attached hydrogens (tertiary/aromatic N) is 3. The van der Waals surface area contributed by atoms with Crippen LogP contribution in [0.4, 0.5) is 3.89 Å². The zero-order valence-electron chi connectivity index (χ0n) is 7.98. The Balaban J connectivity index is 2.73. The molecule has 2 heterocycles. The number of fused-ring (bicyclic) bond motifs is 1. The number of rotatable bonds is 2. The quantitative estimate of drug-likeness (QED) is 0.613. The first-order valence-electron chi connectivity index (χ1n) is 4.10. The fourth-order valence-electron chi connectivity index (χ4n) is 1.24. The van der Waals surface area contributed by atoms with Gasteiger partial charge in [-0.15, -0.1) is 8.98 Å². The van der Waals surface area contributed by atoms with Gasteiger partial charge in [0.25, 0.3) is 0 Å². The molecular formula is C8H5ClFN3O2S. The minimum atomic E-state index is -0.687. The predicted molar refractivity (Wildman–Crippen MR) is 58.0 cm³/mol. The molecule has 2 aromatic heterocycles. The van der Waals surface area contributed by atoms with Gasteiger partial charge in [0.05, 0.1) is 7.11 Å². The Morgan fingerprint density at radius 1 is 1.62 bits per heavy atom. The van der Waals surface area contributed by atoms with Gasteiger partial charge in [-0.3, -0.25) is 0 Å². The van der Waals surface area contributed by atoms with Crippen LogP contribution in [0, 0.1) is 0 Å². The number of hydrogen-bond acceptors (Lipinski definition) is 5. The summed E-state index contributed by atoms with van der Waals surface area (Å²) in [5, 5.41) is 3.92. The third-order valence-electron chi connectivity index (χ3n) is 1.91. The standard InChI is InChI=1S/C8H5ClFN3O2S/c1-15-8(14)7-6-4(13(12-7)16-10)2-3-5(9)11-6/h2-3H,1H3. The molecule has 0 fully saturated rings. The van der Waals surface area contributed by atoms with Crippen molar-refractivity contribution >= 4 is 40.9 Å². The van der Waals surface area contributed by atoms with E-state index in [1.807, 2.05) is 0 Å². The fraction of sp³-hybridized carbons (Fsp3) is 0.125. The summed E-state index contributed by atoms with van der Waals surface area (Å²) in [7, 11) is 1.21. The molecule has 0 saturated carbocycles. The molecule has 0 aromatic carbocycles. The van der Waals surface area contributed by atoms with Gasteiger partial charge in [-0.25, -0.2) is 9.78 Å². The molecule has 5 nitrogen and oxygen atoms in total. The van der Waals surface area contributed by atoms with Crippen molar-refractivity contribution in [2.24, 2.45) is 0 Å². The van der Waals surface area contributed by atoms with Crippen molar-refractivity contribution in [2.75, 3.05) is 7.11 Å². The van der Waals surface area contributed by atoms with E-state index in [0.717, 1.165) is 4.09 Å². The van der Waals surface area contributed by atoms with E-state index in [1.54, 1.807) is 0 Å². The highest BCUT2D eigenvalue weighted by Gasteiger charge is 2.19. The van der Waals surface area contributed by atoms with Crippen LogP contribution in [0.1, 0.15) is 10.5 Å².